The van der Waals surface area contributed by atoms with Gasteiger partial charge in [-0.25, -0.2) is 4.39 Å². The van der Waals surface area contributed by atoms with Gasteiger partial charge in [0.15, 0.2) is 5.96 Å². The fourth-order valence-electron chi connectivity index (χ4n) is 1.91. The van der Waals surface area contributed by atoms with Crippen LogP contribution in [0.1, 0.15) is 11.3 Å². The Bertz CT molecular complexity index is 631. The normalized spacial score (nSPS) is 11.3. The van der Waals surface area contributed by atoms with Crippen molar-refractivity contribution < 1.29 is 4.39 Å². The molecule has 0 aliphatic carbocycles. The summed E-state index contributed by atoms with van der Waals surface area (Å²) in [7, 11) is 1.70. The number of benzene rings is 1. The standard InChI is InChI=1S/C16H18ClFN4/c1-19-16(21-9-7-13-4-2-3-8-20-13)22-11-12-5-6-15(18)14(17)10-12/h2-6,8,10H,7,9,11H2,1H3,(H2,19,21,22). The highest BCUT2D eigenvalue weighted by Crippen LogP contribution is 2.15. The Balaban J connectivity index is 1.78. The van der Waals surface area contributed by atoms with E-state index in [-0.39, 0.29) is 5.02 Å². The van der Waals surface area contributed by atoms with Gasteiger partial charge < -0.3 is 10.6 Å². The van der Waals surface area contributed by atoms with Gasteiger partial charge in [-0.1, -0.05) is 23.7 Å². The highest BCUT2D eigenvalue weighted by atomic mass is 35.5. The quantitative estimate of drug-likeness (QED) is 0.658. The second-order valence-electron chi connectivity index (χ2n) is 4.67. The average molecular weight is 321 g/mol. The predicted molar refractivity (Wildman–Crippen MR) is 87.6 cm³/mol. The number of hydrogen-bond acceptors (Lipinski definition) is 2. The summed E-state index contributed by atoms with van der Waals surface area (Å²) in [5.74, 6) is 0.264. The number of halogens is 2. The van der Waals surface area contributed by atoms with E-state index in [0.717, 1.165) is 24.2 Å². The fourth-order valence-corrected chi connectivity index (χ4v) is 2.11. The van der Waals surface area contributed by atoms with Crippen molar-refractivity contribution in [2.24, 2.45) is 4.99 Å². The van der Waals surface area contributed by atoms with Gasteiger partial charge in [0.2, 0.25) is 0 Å². The van der Waals surface area contributed by atoms with Gasteiger partial charge in [-0.15, -0.1) is 0 Å². The van der Waals surface area contributed by atoms with E-state index in [4.69, 9.17) is 11.6 Å². The van der Waals surface area contributed by atoms with Crippen LogP contribution in [0.25, 0.3) is 0 Å². The molecule has 0 spiro atoms. The molecule has 0 fully saturated rings. The zero-order valence-corrected chi connectivity index (χ0v) is 13.1. The molecule has 0 amide bonds. The number of aromatic nitrogens is 1. The number of nitrogens with one attached hydrogen (secondary N) is 2. The Kier molecular flexibility index (Phi) is 6.15. The molecule has 1 heterocycles. The van der Waals surface area contributed by atoms with E-state index < -0.39 is 5.82 Å². The first-order chi connectivity index (χ1) is 10.7. The van der Waals surface area contributed by atoms with Crippen molar-refractivity contribution in [1.82, 2.24) is 15.6 Å². The molecule has 22 heavy (non-hydrogen) atoms. The number of guanidine groups is 1. The SMILES string of the molecule is CN=C(NCCc1ccccn1)NCc1ccc(F)c(Cl)c1. The van der Waals surface area contributed by atoms with Gasteiger partial charge in [0.25, 0.3) is 0 Å². The van der Waals surface area contributed by atoms with Crippen LogP contribution >= 0.6 is 11.6 Å². The maximum atomic E-state index is 13.1. The molecule has 0 aliphatic heterocycles. The van der Waals surface area contributed by atoms with Crippen LogP contribution in [-0.2, 0) is 13.0 Å². The zero-order chi connectivity index (χ0) is 15.8. The fraction of sp³-hybridized carbons (Fsp3) is 0.250. The number of nitrogens with zero attached hydrogens (tertiary/aromatic N) is 2. The summed E-state index contributed by atoms with van der Waals surface area (Å²) in [6.07, 6.45) is 2.59. The Labute approximate surface area is 134 Å². The molecule has 0 saturated carbocycles. The third-order valence-corrected chi connectivity index (χ3v) is 3.36. The molecule has 1 aromatic heterocycles. The Morgan fingerprint density at radius 2 is 2.14 bits per heavy atom. The van der Waals surface area contributed by atoms with E-state index in [1.165, 1.54) is 6.07 Å². The van der Waals surface area contributed by atoms with Gasteiger partial charge in [-0.2, -0.15) is 0 Å². The molecule has 0 radical (unpaired) electrons. The van der Waals surface area contributed by atoms with Gasteiger partial charge in [0, 0.05) is 38.4 Å². The van der Waals surface area contributed by atoms with Crippen LogP contribution in [0.2, 0.25) is 5.02 Å². The first kappa shape index (κ1) is 16.2. The lowest BCUT2D eigenvalue weighted by Crippen LogP contribution is -2.37. The summed E-state index contributed by atoms with van der Waals surface area (Å²) in [4.78, 5) is 8.40. The molecule has 2 rings (SSSR count). The van der Waals surface area contributed by atoms with Crippen LogP contribution in [0, 0.1) is 5.82 Å². The highest BCUT2D eigenvalue weighted by Gasteiger charge is 2.02. The van der Waals surface area contributed by atoms with Crippen LogP contribution in [-0.4, -0.2) is 24.5 Å². The third kappa shape index (κ3) is 5.00. The summed E-state index contributed by atoms with van der Waals surface area (Å²) in [5.41, 5.74) is 1.91. The molecule has 1 aromatic carbocycles. The monoisotopic (exact) mass is 320 g/mol. The zero-order valence-electron chi connectivity index (χ0n) is 12.3. The maximum Gasteiger partial charge on any atom is 0.191 e. The molecule has 6 heteroatoms. The van der Waals surface area contributed by atoms with E-state index in [1.807, 2.05) is 18.2 Å². The number of aliphatic imine (C=N–C) groups is 1. The molecule has 0 unspecified atom stereocenters. The van der Waals surface area contributed by atoms with Crippen molar-refractivity contribution in [3.63, 3.8) is 0 Å². The molecule has 2 N–H and O–H groups in total. The van der Waals surface area contributed by atoms with E-state index in [9.17, 15) is 4.39 Å². The molecule has 0 aliphatic rings. The van der Waals surface area contributed by atoms with Crippen molar-refractivity contribution in [1.29, 1.82) is 0 Å². The second kappa shape index (κ2) is 8.34. The molecule has 116 valence electrons. The van der Waals surface area contributed by atoms with Crippen molar-refractivity contribution >= 4 is 17.6 Å². The molecular weight excluding hydrogens is 303 g/mol. The second-order valence-corrected chi connectivity index (χ2v) is 5.08. The van der Waals surface area contributed by atoms with Crippen LogP contribution < -0.4 is 10.6 Å². The lowest BCUT2D eigenvalue weighted by atomic mass is 10.2. The Hall–Kier alpha value is -2.14. The molecular formula is C16H18ClFN4. The van der Waals surface area contributed by atoms with Crippen molar-refractivity contribution in [3.8, 4) is 0 Å². The Morgan fingerprint density at radius 1 is 1.27 bits per heavy atom. The first-order valence-electron chi connectivity index (χ1n) is 6.97. The molecule has 0 bridgehead atoms. The summed E-state index contributed by atoms with van der Waals surface area (Å²) < 4.78 is 13.1. The van der Waals surface area contributed by atoms with Gasteiger partial charge in [0.05, 0.1) is 5.02 Å². The summed E-state index contributed by atoms with van der Waals surface area (Å²) in [6, 6.07) is 10.5. The maximum absolute atomic E-state index is 13.1. The lowest BCUT2D eigenvalue weighted by molar-refractivity contribution is 0.627. The molecule has 2 aromatic rings. The minimum Gasteiger partial charge on any atom is -0.356 e. The van der Waals surface area contributed by atoms with E-state index >= 15 is 0 Å². The third-order valence-electron chi connectivity index (χ3n) is 3.07. The summed E-state index contributed by atoms with van der Waals surface area (Å²) >= 11 is 5.76. The van der Waals surface area contributed by atoms with Crippen LogP contribution in [0.3, 0.4) is 0 Å². The highest BCUT2D eigenvalue weighted by molar-refractivity contribution is 6.30. The van der Waals surface area contributed by atoms with Crippen LogP contribution in [0.15, 0.2) is 47.6 Å². The predicted octanol–water partition coefficient (Wildman–Crippen LogP) is 2.78. The lowest BCUT2D eigenvalue weighted by Gasteiger charge is -2.12. The van der Waals surface area contributed by atoms with E-state index in [0.29, 0.717) is 12.5 Å². The van der Waals surface area contributed by atoms with Crippen molar-refractivity contribution in [3.05, 3.63) is 64.7 Å². The minimum atomic E-state index is -0.414. The van der Waals surface area contributed by atoms with Crippen molar-refractivity contribution in [2.75, 3.05) is 13.6 Å². The van der Waals surface area contributed by atoms with E-state index in [1.54, 1.807) is 25.4 Å². The van der Waals surface area contributed by atoms with Gasteiger partial charge in [-0.05, 0) is 29.8 Å². The summed E-state index contributed by atoms with van der Waals surface area (Å²) in [5, 5.41) is 6.48. The van der Waals surface area contributed by atoms with E-state index in [2.05, 4.69) is 20.6 Å². The van der Waals surface area contributed by atoms with Crippen molar-refractivity contribution in [2.45, 2.75) is 13.0 Å². The number of hydrogen-bond donors (Lipinski definition) is 2. The van der Waals surface area contributed by atoms with Gasteiger partial charge in [-0.3, -0.25) is 9.98 Å². The average Bonchev–Trinajstić information content (AvgIpc) is 2.55. The molecule has 4 nitrogen and oxygen atoms in total. The van der Waals surface area contributed by atoms with Gasteiger partial charge in [0.1, 0.15) is 5.82 Å². The Morgan fingerprint density at radius 3 is 2.82 bits per heavy atom. The number of rotatable bonds is 5. The van der Waals surface area contributed by atoms with Crippen LogP contribution in [0.4, 0.5) is 4.39 Å². The topological polar surface area (TPSA) is 49.3 Å². The minimum absolute atomic E-state index is 0.123. The molecule has 0 saturated heterocycles. The summed E-state index contributed by atoms with van der Waals surface area (Å²) in [6.45, 7) is 1.24. The number of pyridine rings is 1. The smallest absolute Gasteiger partial charge is 0.191 e. The van der Waals surface area contributed by atoms with Gasteiger partial charge >= 0.3 is 0 Å². The first-order valence-corrected chi connectivity index (χ1v) is 7.35. The largest absolute Gasteiger partial charge is 0.356 e. The van der Waals surface area contributed by atoms with Crippen LogP contribution in [0.5, 0.6) is 0 Å². The molecule has 0 atom stereocenters.